The summed E-state index contributed by atoms with van der Waals surface area (Å²) >= 11 is 0. The second kappa shape index (κ2) is 6.72. The third kappa shape index (κ3) is 3.74. The Bertz CT molecular complexity index is 874. The predicted molar refractivity (Wildman–Crippen MR) is 88.2 cm³/mol. The molecule has 5 nitrogen and oxygen atoms in total. The molecule has 2 aromatic heterocycles. The summed E-state index contributed by atoms with van der Waals surface area (Å²) in [4.78, 5) is 7.91. The molecule has 0 spiro atoms. The molecule has 0 fully saturated rings. The van der Waals surface area contributed by atoms with Crippen molar-refractivity contribution in [2.45, 2.75) is 25.7 Å². The monoisotopic (exact) mass is 350 g/mol. The van der Waals surface area contributed by atoms with E-state index >= 15 is 0 Å². The molecule has 3 aromatic rings. The summed E-state index contributed by atoms with van der Waals surface area (Å²) in [6.45, 7) is 1.82. The second-order valence-electron chi connectivity index (χ2n) is 5.75. The Morgan fingerprint density at radius 3 is 2.68 bits per heavy atom. The van der Waals surface area contributed by atoms with Crippen molar-refractivity contribution < 1.29 is 18.3 Å². The van der Waals surface area contributed by atoms with Crippen LogP contribution in [0.3, 0.4) is 0 Å². The number of nitrogens with one attached hydrogen (secondary N) is 1. The van der Waals surface area contributed by atoms with Crippen molar-refractivity contribution >= 4 is 17.0 Å². The van der Waals surface area contributed by atoms with E-state index in [2.05, 4.69) is 15.3 Å². The molecule has 2 N–H and O–H groups in total. The molecule has 0 amide bonds. The van der Waals surface area contributed by atoms with Gasteiger partial charge in [0.05, 0.1) is 23.7 Å². The third-order valence-electron chi connectivity index (χ3n) is 3.70. The molecule has 0 aliphatic heterocycles. The molecule has 132 valence electrons. The van der Waals surface area contributed by atoms with Crippen molar-refractivity contribution in [3.05, 3.63) is 53.9 Å². The van der Waals surface area contributed by atoms with E-state index in [1.807, 2.05) is 6.07 Å². The number of pyridine rings is 1. The van der Waals surface area contributed by atoms with Gasteiger partial charge >= 0.3 is 6.18 Å². The van der Waals surface area contributed by atoms with Gasteiger partial charge in [-0.05, 0) is 25.1 Å². The maximum atomic E-state index is 13.2. The van der Waals surface area contributed by atoms with Crippen LogP contribution in [-0.2, 0) is 12.7 Å². The highest BCUT2D eigenvalue weighted by Crippen LogP contribution is 2.31. The highest BCUT2D eigenvalue weighted by atomic mass is 19.4. The van der Waals surface area contributed by atoms with Crippen LogP contribution in [0.2, 0.25) is 0 Å². The van der Waals surface area contributed by atoms with Crippen LogP contribution >= 0.6 is 0 Å². The molecule has 0 bridgehead atoms. The SMILES string of the molecule is C[C@H](O)CNc1nc2ccccc2n1Cc1cccnc1C(F)(F)F. The van der Waals surface area contributed by atoms with Crippen molar-refractivity contribution in [2.24, 2.45) is 0 Å². The van der Waals surface area contributed by atoms with E-state index < -0.39 is 18.0 Å². The van der Waals surface area contributed by atoms with Gasteiger partial charge in [0.2, 0.25) is 5.95 Å². The standard InChI is InChI=1S/C17H17F3N4O/c1-11(25)9-22-16-23-13-6-2-3-7-14(13)24(16)10-12-5-4-8-21-15(12)17(18,19)20/h2-8,11,25H,9-10H2,1H3,(H,22,23)/t11-/m0/s1. The lowest BCUT2D eigenvalue weighted by Gasteiger charge is -2.15. The van der Waals surface area contributed by atoms with E-state index in [9.17, 15) is 18.3 Å². The fraction of sp³-hybridized carbons (Fsp3) is 0.294. The van der Waals surface area contributed by atoms with Crippen molar-refractivity contribution in [2.75, 3.05) is 11.9 Å². The van der Waals surface area contributed by atoms with Crippen LogP contribution in [0.4, 0.5) is 19.1 Å². The number of hydrogen-bond donors (Lipinski definition) is 2. The van der Waals surface area contributed by atoms with Crippen molar-refractivity contribution in [3.8, 4) is 0 Å². The minimum Gasteiger partial charge on any atom is -0.392 e. The van der Waals surface area contributed by atoms with E-state index in [-0.39, 0.29) is 18.7 Å². The van der Waals surface area contributed by atoms with E-state index in [0.717, 1.165) is 6.20 Å². The van der Waals surface area contributed by atoms with Crippen LogP contribution < -0.4 is 5.32 Å². The van der Waals surface area contributed by atoms with Gasteiger partial charge in [0.1, 0.15) is 5.69 Å². The Morgan fingerprint density at radius 2 is 1.96 bits per heavy atom. The first kappa shape index (κ1) is 17.2. The van der Waals surface area contributed by atoms with Crippen LogP contribution in [-0.4, -0.2) is 32.3 Å². The fourth-order valence-corrected chi connectivity index (χ4v) is 2.60. The van der Waals surface area contributed by atoms with Crippen LogP contribution in [0.1, 0.15) is 18.2 Å². The zero-order chi connectivity index (χ0) is 18.0. The molecule has 1 aromatic carbocycles. The number of nitrogens with zero attached hydrogens (tertiary/aromatic N) is 3. The van der Waals surface area contributed by atoms with Crippen LogP contribution in [0.25, 0.3) is 11.0 Å². The molecule has 8 heteroatoms. The summed E-state index contributed by atoms with van der Waals surface area (Å²) in [7, 11) is 0. The highest BCUT2D eigenvalue weighted by Gasteiger charge is 2.35. The Balaban J connectivity index is 2.05. The lowest BCUT2D eigenvalue weighted by molar-refractivity contribution is -0.141. The number of halogens is 3. The molecule has 2 heterocycles. The molecule has 0 aliphatic rings. The molecular weight excluding hydrogens is 333 g/mol. The van der Waals surface area contributed by atoms with Gasteiger partial charge in [-0.1, -0.05) is 18.2 Å². The topological polar surface area (TPSA) is 63.0 Å². The number of aliphatic hydroxyl groups is 1. The first-order valence-corrected chi connectivity index (χ1v) is 7.74. The zero-order valence-corrected chi connectivity index (χ0v) is 13.5. The van der Waals surface area contributed by atoms with Crippen molar-refractivity contribution in [1.29, 1.82) is 0 Å². The molecule has 1 atom stereocenters. The Kier molecular flexibility index (Phi) is 4.63. The fourth-order valence-electron chi connectivity index (χ4n) is 2.60. The summed E-state index contributed by atoms with van der Waals surface area (Å²) in [5, 5.41) is 12.4. The number of para-hydroxylation sites is 2. The van der Waals surface area contributed by atoms with Crippen molar-refractivity contribution in [3.63, 3.8) is 0 Å². The summed E-state index contributed by atoms with van der Waals surface area (Å²) < 4.78 is 41.3. The molecular formula is C17H17F3N4O. The Labute approximate surface area is 142 Å². The molecule has 3 rings (SSSR count). The number of benzene rings is 1. The predicted octanol–water partition coefficient (Wildman–Crippen LogP) is 3.29. The van der Waals surface area contributed by atoms with E-state index in [4.69, 9.17) is 0 Å². The van der Waals surface area contributed by atoms with E-state index in [1.165, 1.54) is 12.1 Å². The number of aliphatic hydroxyl groups excluding tert-OH is 1. The largest absolute Gasteiger partial charge is 0.433 e. The average molecular weight is 350 g/mol. The third-order valence-corrected chi connectivity index (χ3v) is 3.70. The highest BCUT2D eigenvalue weighted by molar-refractivity contribution is 5.78. The van der Waals surface area contributed by atoms with Gasteiger partial charge in [0.25, 0.3) is 0 Å². The number of anilines is 1. The number of rotatable bonds is 5. The first-order chi connectivity index (χ1) is 11.9. The maximum absolute atomic E-state index is 13.2. The number of alkyl halides is 3. The van der Waals surface area contributed by atoms with E-state index in [1.54, 1.807) is 29.7 Å². The second-order valence-corrected chi connectivity index (χ2v) is 5.75. The van der Waals surface area contributed by atoms with Gasteiger partial charge in [-0.15, -0.1) is 0 Å². The normalized spacial score (nSPS) is 13.2. The quantitative estimate of drug-likeness (QED) is 0.741. The zero-order valence-electron chi connectivity index (χ0n) is 13.5. The van der Waals surface area contributed by atoms with Gasteiger partial charge < -0.3 is 15.0 Å². The summed E-state index contributed by atoms with van der Waals surface area (Å²) in [5.74, 6) is 0.402. The summed E-state index contributed by atoms with van der Waals surface area (Å²) in [6, 6.07) is 10.1. The molecule has 0 saturated heterocycles. The number of aromatic nitrogens is 3. The minimum absolute atomic E-state index is 0.0364. The molecule has 0 radical (unpaired) electrons. The Hall–Kier alpha value is -2.61. The molecule has 0 aliphatic carbocycles. The minimum atomic E-state index is -4.53. The van der Waals surface area contributed by atoms with Crippen LogP contribution in [0, 0.1) is 0 Å². The number of hydrogen-bond acceptors (Lipinski definition) is 4. The number of fused-ring (bicyclic) bond motifs is 1. The van der Waals surface area contributed by atoms with Gasteiger partial charge in [-0.3, -0.25) is 4.98 Å². The lowest BCUT2D eigenvalue weighted by Crippen LogP contribution is -2.19. The first-order valence-electron chi connectivity index (χ1n) is 7.74. The van der Waals surface area contributed by atoms with Gasteiger partial charge in [0, 0.05) is 18.3 Å². The maximum Gasteiger partial charge on any atom is 0.433 e. The molecule has 0 saturated carbocycles. The summed E-state index contributed by atoms with van der Waals surface area (Å²) in [6.07, 6.45) is -4.01. The van der Waals surface area contributed by atoms with Crippen LogP contribution in [0.15, 0.2) is 42.6 Å². The smallest absolute Gasteiger partial charge is 0.392 e. The average Bonchev–Trinajstić information content (AvgIpc) is 2.90. The van der Waals surface area contributed by atoms with Gasteiger partial charge in [-0.25, -0.2) is 4.98 Å². The van der Waals surface area contributed by atoms with E-state index in [0.29, 0.717) is 17.0 Å². The van der Waals surface area contributed by atoms with Crippen LogP contribution in [0.5, 0.6) is 0 Å². The van der Waals surface area contributed by atoms with Crippen molar-refractivity contribution in [1.82, 2.24) is 14.5 Å². The summed E-state index contributed by atoms with van der Waals surface area (Å²) in [5.41, 5.74) is 0.508. The molecule has 25 heavy (non-hydrogen) atoms. The van der Waals surface area contributed by atoms with Gasteiger partial charge in [-0.2, -0.15) is 13.2 Å². The van der Waals surface area contributed by atoms with Gasteiger partial charge in [0.15, 0.2) is 0 Å². The lowest BCUT2D eigenvalue weighted by atomic mass is 10.2. The molecule has 0 unspecified atom stereocenters. The Morgan fingerprint density at radius 1 is 1.20 bits per heavy atom. The number of imidazole rings is 1.